The van der Waals surface area contributed by atoms with Crippen molar-refractivity contribution in [2.75, 3.05) is 6.54 Å². The standard InChI is InChI=1S/C14H15F2NO2S/c15-14(16)19-12-3-1-10(2-4-12)7-17-8-13(18)11-5-6-20-9-11/h1-6,9,13-14,17-18H,7-8H2. The van der Waals surface area contributed by atoms with Gasteiger partial charge in [-0.2, -0.15) is 20.1 Å². The molecule has 1 heterocycles. The highest BCUT2D eigenvalue weighted by atomic mass is 32.1. The van der Waals surface area contributed by atoms with Crippen LogP contribution in [0.4, 0.5) is 8.78 Å². The van der Waals surface area contributed by atoms with Crippen molar-refractivity contribution in [3.63, 3.8) is 0 Å². The fourth-order valence-corrected chi connectivity index (χ4v) is 2.43. The smallest absolute Gasteiger partial charge is 0.387 e. The molecular formula is C14H15F2NO2S. The summed E-state index contributed by atoms with van der Waals surface area (Å²) in [5.41, 5.74) is 1.83. The quantitative estimate of drug-likeness (QED) is 0.825. The van der Waals surface area contributed by atoms with Gasteiger partial charge in [0.05, 0.1) is 6.10 Å². The second-order valence-corrected chi connectivity index (χ2v) is 5.01. The first-order valence-corrected chi connectivity index (χ1v) is 7.04. The molecule has 6 heteroatoms. The molecule has 0 spiro atoms. The highest BCUT2D eigenvalue weighted by Crippen LogP contribution is 2.16. The molecule has 1 unspecified atom stereocenters. The van der Waals surface area contributed by atoms with Gasteiger partial charge < -0.3 is 15.2 Å². The molecule has 1 aromatic carbocycles. The van der Waals surface area contributed by atoms with Crippen molar-refractivity contribution >= 4 is 11.3 Å². The van der Waals surface area contributed by atoms with Crippen LogP contribution in [-0.4, -0.2) is 18.3 Å². The molecule has 0 amide bonds. The second kappa shape index (κ2) is 7.33. The van der Waals surface area contributed by atoms with E-state index in [1.54, 1.807) is 23.5 Å². The summed E-state index contributed by atoms with van der Waals surface area (Å²) in [6.07, 6.45) is -0.539. The Morgan fingerprint density at radius 2 is 1.95 bits per heavy atom. The Hall–Kier alpha value is -1.50. The summed E-state index contributed by atoms with van der Waals surface area (Å²) in [4.78, 5) is 0. The van der Waals surface area contributed by atoms with Gasteiger partial charge in [0.2, 0.25) is 0 Å². The zero-order chi connectivity index (χ0) is 14.4. The van der Waals surface area contributed by atoms with Crippen LogP contribution in [0.15, 0.2) is 41.1 Å². The van der Waals surface area contributed by atoms with E-state index in [-0.39, 0.29) is 5.75 Å². The molecule has 2 N–H and O–H groups in total. The number of aliphatic hydroxyl groups is 1. The van der Waals surface area contributed by atoms with Gasteiger partial charge >= 0.3 is 6.61 Å². The summed E-state index contributed by atoms with van der Waals surface area (Å²) in [7, 11) is 0. The lowest BCUT2D eigenvalue weighted by atomic mass is 10.2. The van der Waals surface area contributed by atoms with E-state index in [1.807, 2.05) is 16.8 Å². The molecular weight excluding hydrogens is 284 g/mol. The molecule has 0 bridgehead atoms. The van der Waals surface area contributed by atoms with Crippen LogP contribution in [0.1, 0.15) is 17.2 Å². The van der Waals surface area contributed by atoms with Gasteiger partial charge in [-0.15, -0.1) is 0 Å². The van der Waals surface area contributed by atoms with Crippen molar-refractivity contribution in [1.29, 1.82) is 0 Å². The predicted octanol–water partition coefficient (Wildman–Crippen LogP) is 3.17. The third kappa shape index (κ3) is 4.56. The lowest BCUT2D eigenvalue weighted by molar-refractivity contribution is -0.0498. The van der Waals surface area contributed by atoms with E-state index in [4.69, 9.17) is 0 Å². The van der Waals surface area contributed by atoms with E-state index in [2.05, 4.69) is 10.1 Å². The van der Waals surface area contributed by atoms with Crippen molar-refractivity contribution in [2.45, 2.75) is 19.3 Å². The van der Waals surface area contributed by atoms with Gasteiger partial charge in [-0.05, 0) is 40.1 Å². The molecule has 0 saturated heterocycles. The molecule has 0 fully saturated rings. The number of benzene rings is 1. The van der Waals surface area contributed by atoms with Gasteiger partial charge in [0.25, 0.3) is 0 Å². The number of thiophene rings is 1. The Labute approximate surface area is 119 Å². The maximum atomic E-state index is 12.0. The maximum absolute atomic E-state index is 12.0. The number of alkyl halides is 2. The van der Waals surface area contributed by atoms with Crippen LogP contribution in [0.2, 0.25) is 0 Å². The van der Waals surface area contributed by atoms with Gasteiger partial charge in [-0.3, -0.25) is 0 Å². The Morgan fingerprint density at radius 3 is 2.55 bits per heavy atom. The average molecular weight is 299 g/mol. The number of hydrogen-bond donors (Lipinski definition) is 2. The lowest BCUT2D eigenvalue weighted by Crippen LogP contribution is -2.20. The normalized spacial score (nSPS) is 12.6. The van der Waals surface area contributed by atoms with Gasteiger partial charge in [-0.1, -0.05) is 12.1 Å². The van der Waals surface area contributed by atoms with Gasteiger partial charge in [0.1, 0.15) is 5.75 Å². The van der Waals surface area contributed by atoms with Crippen LogP contribution >= 0.6 is 11.3 Å². The maximum Gasteiger partial charge on any atom is 0.387 e. The van der Waals surface area contributed by atoms with Gasteiger partial charge in [0.15, 0.2) is 0 Å². The summed E-state index contributed by atoms with van der Waals surface area (Å²) < 4.78 is 28.2. The average Bonchev–Trinajstić information content (AvgIpc) is 2.94. The fraction of sp³-hybridized carbons (Fsp3) is 0.286. The van der Waals surface area contributed by atoms with E-state index >= 15 is 0 Å². The Morgan fingerprint density at radius 1 is 1.20 bits per heavy atom. The minimum Gasteiger partial charge on any atom is -0.435 e. The predicted molar refractivity (Wildman–Crippen MR) is 74.1 cm³/mol. The molecule has 0 aliphatic rings. The molecule has 108 valence electrons. The van der Waals surface area contributed by atoms with E-state index in [9.17, 15) is 13.9 Å². The first-order valence-electron chi connectivity index (χ1n) is 6.10. The monoisotopic (exact) mass is 299 g/mol. The summed E-state index contributed by atoms with van der Waals surface area (Å²) in [5, 5.41) is 16.8. The van der Waals surface area contributed by atoms with Crippen molar-refractivity contribution in [1.82, 2.24) is 5.32 Å². The summed E-state index contributed by atoms with van der Waals surface area (Å²) in [6, 6.07) is 8.30. The minimum absolute atomic E-state index is 0.141. The molecule has 1 aromatic heterocycles. The molecule has 0 radical (unpaired) electrons. The Balaban J connectivity index is 1.76. The Kier molecular flexibility index (Phi) is 5.46. The topological polar surface area (TPSA) is 41.5 Å². The molecule has 0 saturated carbocycles. The molecule has 2 aromatic rings. The number of nitrogens with one attached hydrogen (secondary N) is 1. The summed E-state index contributed by atoms with van der Waals surface area (Å²) in [6.45, 7) is -1.82. The number of halogens is 2. The fourth-order valence-electron chi connectivity index (χ4n) is 1.72. The molecule has 0 aliphatic carbocycles. The summed E-state index contributed by atoms with van der Waals surface area (Å²) >= 11 is 1.54. The first-order chi connectivity index (χ1) is 9.65. The van der Waals surface area contributed by atoms with Crippen LogP contribution in [0.25, 0.3) is 0 Å². The first kappa shape index (κ1) is 14.9. The summed E-state index contributed by atoms with van der Waals surface area (Å²) in [5.74, 6) is 0.141. The van der Waals surface area contributed by atoms with Crippen LogP contribution in [-0.2, 0) is 6.54 Å². The SMILES string of the molecule is OC(CNCc1ccc(OC(F)F)cc1)c1ccsc1. The van der Waals surface area contributed by atoms with E-state index in [0.29, 0.717) is 13.1 Å². The molecule has 1 atom stereocenters. The van der Waals surface area contributed by atoms with Crippen molar-refractivity contribution < 1.29 is 18.6 Å². The zero-order valence-corrected chi connectivity index (χ0v) is 11.4. The molecule has 20 heavy (non-hydrogen) atoms. The number of rotatable bonds is 7. The number of aliphatic hydroxyl groups excluding tert-OH is 1. The van der Waals surface area contributed by atoms with Crippen molar-refractivity contribution in [3.05, 3.63) is 52.2 Å². The van der Waals surface area contributed by atoms with Crippen LogP contribution < -0.4 is 10.1 Å². The van der Waals surface area contributed by atoms with Crippen molar-refractivity contribution in [2.24, 2.45) is 0 Å². The molecule has 2 rings (SSSR count). The molecule has 0 aliphatic heterocycles. The van der Waals surface area contributed by atoms with Crippen molar-refractivity contribution in [3.8, 4) is 5.75 Å². The van der Waals surface area contributed by atoms with Crippen LogP contribution in [0.3, 0.4) is 0 Å². The number of hydrogen-bond acceptors (Lipinski definition) is 4. The van der Waals surface area contributed by atoms with Crippen LogP contribution in [0.5, 0.6) is 5.75 Å². The largest absolute Gasteiger partial charge is 0.435 e. The van der Waals surface area contributed by atoms with E-state index in [0.717, 1.165) is 11.1 Å². The van der Waals surface area contributed by atoms with E-state index in [1.165, 1.54) is 12.1 Å². The number of ether oxygens (including phenoxy) is 1. The Bertz CT molecular complexity index is 502. The zero-order valence-electron chi connectivity index (χ0n) is 10.6. The lowest BCUT2D eigenvalue weighted by Gasteiger charge is -2.11. The highest BCUT2D eigenvalue weighted by molar-refractivity contribution is 7.07. The second-order valence-electron chi connectivity index (χ2n) is 4.23. The minimum atomic E-state index is -2.81. The van der Waals surface area contributed by atoms with Gasteiger partial charge in [0, 0.05) is 13.1 Å². The van der Waals surface area contributed by atoms with Crippen LogP contribution in [0, 0.1) is 0 Å². The third-order valence-corrected chi connectivity index (χ3v) is 3.44. The third-order valence-electron chi connectivity index (χ3n) is 2.74. The highest BCUT2D eigenvalue weighted by Gasteiger charge is 2.07. The van der Waals surface area contributed by atoms with Gasteiger partial charge in [-0.25, -0.2) is 0 Å². The van der Waals surface area contributed by atoms with E-state index < -0.39 is 12.7 Å². The molecule has 3 nitrogen and oxygen atoms in total.